The fraction of sp³-hybridized carbons (Fsp3) is 0.344. The van der Waals surface area contributed by atoms with Crippen LogP contribution in [0.2, 0.25) is 0 Å². The van der Waals surface area contributed by atoms with Gasteiger partial charge in [-0.15, -0.1) is 0 Å². The summed E-state index contributed by atoms with van der Waals surface area (Å²) in [6, 6.07) is 9.20. The summed E-state index contributed by atoms with van der Waals surface area (Å²) in [5.41, 5.74) is 5.39. The Balaban J connectivity index is 1.23. The van der Waals surface area contributed by atoms with Gasteiger partial charge in [0.2, 0.25) is 0 Å². The molecule has 12 heteroatoms. The van der Waals surface area contributed by atoms with Crippen molar-refractivity contribution in [3.8, 4) is 16.9 Å². The molecule has 0 spiro atoms. The van der Waals surface area contributed by atoms with Crippen LogP contribution in [-0.2, 0) is 31.2 Å². The van der Waals surface area contributed by atoms with Crippen LogP contribution in [0.4, 0.5) is 17.2 Å². The average molecular weight is 595 g/mol. The Bertz CT molecular complexity index is 2020. The SMILES string of the molecule is COC1CN(c2ccc(Nc3cc(-c4ccnc(-n5ncn6c7c(cc6c5=O)CC(C)(C)C7)c4CO)cn(C)c3=O)nc2)C1. The van der Waals surface area contributed by atoms with Crippen molar-refractivity contribution in [2.45, 2.75) is 39.4 Å². The molecule has 0 bridgehead atoms. The maximum atomic E-state index is 13.7. The van der Waals surface area contributed by atoms with E-state index in [1.807, 2.05) is 22.6 Å². The van der Waals surface area contributed by atoms with E-state index in [-0.39, 0.29) is 28.5 Å². The zero-order valence-electron chi connectivity index (χ0n) is 25.1. The van der Waals surface area contributed by atoms with E-state index in [4.69, 9.17) is 4.74 Å². The zero-order chi connectivity index (χ0) is 30.7. The Hall–Kier alpha value is -4.81. The van der Waals surface area contributed by atoms with E-state index >= 15 is 0 Å². The van der Waals surface area contributed by atoms with Crippen LogP contribution in [0.15, 0.2) is 64.8 Å². The largest absolute Gasteiger partial charge is 0.392 e. The molecule has 1 saturated heterocycles. The van der Waals surface area contributed by atoms with E-state index in [0.717, 1.165) is 42.9 Å². The number of aromatic nitrogens is 6. The van der Waals surface area contributed by atoms with E-state index < -0.39 is 6.61 Å². The summed E-state index contributed by atoms with van der Waals surface area (Å²) < 4.78 is 9.93. The van der Waals surface area contributed by atoms with Crippen LogP contribution in [0, 0.1) is 5.41 Å². The maximum Gasteiger partial charge on any atom is 0.297 e. The number of hydrogen-bond donors (Lipinski definition) is 2. The number of aliphatic hydroxyl groups is 1. The number of rotatable bonds is 7. The number of fused-ring (bicyclic) bond motifs is 3. The second-order valence-electron chi connectivity index (χ2n) is 12.4. The predicted octanol–water partition coefficient (Wildman–Crippen LogP) is 2.84. The molecule has 1 fully saturated rings. The molecule has 0 saturated carbocycles. The highest BCUT2D eigenvalue weighted by molar-refractivity contribution is 5.73. The van der Waals surface area contributed by atoms with Gasteiger partial charge in [-0.05, 0) is 59.7 Å². The van der Waals surface area contributed by atoms with Gasteiger partial charge in [-0.3, -0.25) is 14.0 Å². The minimum Gasteiger partial charge on any atom is -0.392 e. The summed E-state index contributed by atoms with van der Waals surface area (Å²) in [4.78, 5) is 37.9. The lowest BCUT2D eigenvalue weighted by Gasteiger charge is -2.39. The number of nitrogens with one attached hydrogen (secondary N) is 1. The summed E-state index contributed by atoms with van der Waals surface area (Å²) in [6.45, 7) is 5.68. The lowest BCUT2D eigenvalue weighted by Crippen LogP contribution is -2.51. The number of aliphatic hydroxyl groups excluding tert-OH is 1. The van der Waals surface area contributed by atoms with Crippen molar-refractivity contribution in [1.82, 2.24) is 28.7 Å². The molecule has 1 aliphatic carbocycles. The highest BCUT2D eigenvalue weighted by Crippen LogP contribution is 2.37. The highest BCUT2D eigenvalue weighted by atomic mass is 16.5. The number of methoxy groups -OCH3 is 1. The number of nitrogens with zero attached hydrogens (tertiary/aromatic N) is 7. The van der Waals surface area contributed by atoms with Crippen LogP contribution in [-0.4, -0.2) is 60.1 Å². The van der Waals surface area contributed by atoms with Gasteiger partial charge in [0, 0.05) is 56.5 Å². The van der Waals surface area contributed by atoms with E-state index in [1.165, 1.54) is 9.25 Å². The second kappa shape index (κ2) is 10.4. The number of ether oxygens (including phenoxy) is 1. The molecule has 2 aliphatic rings. The smallest absolute Gasteiger partial charge is 0.297 e. The first-order valence-electron chi connectivity index (χ1n) is 14.6. The van der Waals surface area contributed by atoms with Gasteiger partial charge >= 0.3 is 0 Å². The fourth-order valence-electron chi connectivity index (χ4n) is 6.33. The lowest BCUT2D eigenvalue weighted by molar-refractivity contribution is 0.0787. The third-order valence-electron chi connectivity index (χ3n) is 8.68. The van der Waals surface area contributed by atoms with Gasteiger partial charge in [-0.25, -0.2) is 9.97 Å². The average Bonchev–Trinajstić information content (AvgIpc) is 3.47. The number of hydrogen-bond acceptors (Lipinski definition) is 9. The quantitative estimate of drug-likeness (QED) is 0.292. The van der Waals surface area contributed by atoms with Gasteiger partial charge in [0.15, 0.2) is 5.82 Å². The van der Waals surface area contributed by atoms with E-state index in [9.17, 15) is 14.7 Å². The third kappa shape index (κ3) is 4.66. The molecule has 7 rings (SSSR count). The van der Waals surface area contributed by atoms with E-state index in [0.29, 0.717) is 33.7 Å². The van der Waals surface area contributed by atoms with Gasteiger partial charge in [-0.1, -0.05) is 13.8 Å². The van der Waals surface area contributed by atoms with Crippen molar-refractivity contribution >= 4 is 22.7 Å². The fourth-order valence-corrected chi connectivity index (χ4v) is 6.33. The van der Waals surface area contributed by atoms with E-state index in [1.54, 1.807) is 51.2 Å². The zero-order valence-corrected chi connectivity index (χ0v) is 25.1. The number of anilines is 3. The van der Waals surface area contributed by atoms with E-state index in [2.05, 4.69) is 39.1 Å². The first-order valence-corrected chi connectivity index (χ1v) is 14.6. The van der Waals surface area contributed by atoms with Crippen molar-refractivity contribution in [2.24, 2.45) is 12.5 Å². The molecule has 44 heavy (non-hydrogen) atoms. The lowest BCUT2D eigenvalue weighted by atomic mass is 9.90. The highest BCUT2D eigenvalue weighted by Gasteiger charge is 2.32. The van der Waals surface area contributed by atoms with Crippen LogP contribution < -0.4 is 21.3 Å². The van der Waals surface area contributed by atoms with Crippen LogP contribution in [0.5, 0.6) is 0 Å². The Morgan fingerprint density at radius 1 is 1.09 bits per heavy atom. The second-order valence-corrected chi connectivity index (χ2v) is 12.4. The Kier molecular flexibility index (Phi) is 6.63. The molecule has 2 N–H and O–H groups in total. The molecule has 226 valence electrons. The molecule has 0 radical (unpaired) electrons. The predicted molar refractivity (Wildman–Crippen MR) is 167 cm³/mol. The number of pyridine rings is 3. The van der Waals surface area contributed by atoms with Crippen molar-refractivity contribution in [3.63, 3.8) is 0 Å². The molecular weight excluding hydrogens is 560 g/mol. The maximum absolute atomic E-state index is 13.7. The third-order valence-corrected chi connectivity index (χ3v) is 8.68. The van der Waals surface area contributed by atoms with Crippen LogP contribution in [0.1, 0.15) is 30.7 Å². The number of aryl methyl sites for hydroxylation is 1. The van der Waals surface area contributed by atoms with Crippen molar-refractivity contribution in [1.29, 1.82) is 0 Å². The normalized spacial score (nSPS) is 15.9. The van der Waals surface area contributed by atoms with Crippen LogP contribution >= 0.6 is 0 Å². The molecule has 0 atom stereocenters. The molecule has 0 aromatic carbocycles. The Morgan fingerprint density at radius 2 is 1.91 bits per heavy atom. The molecule has 5 aromatic rings. The summed E-state index contributed by atoms with van der Waals surface area (Å²) in [5, 5.41) is 18.2. The van der Waals surface area contributed by atoms with Gasteiger partial charge in [-0.2, -0.15) is 9.78 Å². The van der Waals surface area contributed by atoms with Crippen LogP contribution in [0.25, 0.3) is 22.5 Å². The van der Waals surface area contributed by atoms with Gasteiger partial charge in [0.1, 0.15) is 23.3 Å². The minimum absolute atomic E-state index is 0.145. The first kappa shape index (κ1) is 28.0. The van der Waals surface area contributed by atoms with Crippen molar-refractivity contribution < 1.29 is 9.84 Å². The molecule has 6 heterocycles. The molecular formula is C32H34N8O4. The summed E-state index contributed by atoms with van der Waals surface area (Å²) in [5.74, 6) is 0.762. The molecule has 1 aliphatic heterocycles. The monoisotopic (exact) mass is 594 g/mol. The molecule has 12 nitrogen and oxygen atoms in total. The van der Waals surface area contributed by atoms with Gasteiger partial charge in [0.25, 0.3) is 11.1 Å². The van der Waals surface area contributed by atoms with Crippen molar-refractivity contribution in [2.75, 3.05) is 30.4 Å². The summed E-state index contributed by atoms with van der Waals surface area (Å²) >= 11 is 0. The standard InChI is InChI=1S/C32H34N8O4/c1-32(2)11-19-10-26-31(43)40(35-18-39(26)27(19)12-32)29-24(17-41)23(7-8-33-29)20-9-25(30(42)37(3)14-20)36-28-6-5-21(13-34-28)38-15-22(16-38)44-4/h5-10,13-14,18,22,41H,11-12,15-17H2,1-4H3,(H,34,36). The van der Waals surface area contributed by atoms with Gasteiger partial charge < -0.3 is 24.6 Å². The Labute approximate surface area is 253 Å². The molecule has 0 unspecified atom stereocenters. The summed E-state index contributed by atoms with van der Waals surface area (Å²) in [6.07, 6.45) is 8.68. The van der Waals surface area contributed by atoms with Crippen LogP contribution in [0.3, 0.4) is 0 Å². The van der Waals surface area contributed by atoms with Crippen molar-refractivity contribution in [3.05, 3.63) is 92.8 Å². The Morgan fingerprint density at radius 3 is 2.64 bits per heavy atom. The minimum atomic E-state index is -0.390. The summed E-state index contributed by atoms with van der Waals surface area (Å²) in [7, 11) is 3.38. The topological polar surface area (TPSA) is 132 Å². The van der Waals surface area contributed by atoms with Gasteiger partial charge in [0.05, 0.1) is 24.6 Å². The molecule has 5 aromatic heterocycles. The molecule has 0 amide bonds. The first-order chi connectivity index (χ1) is 21.2.